The van der Waals surface area contributed by atoms with Gasteiger partial charge in [-0.25, -0.2) is 4.79 Å². The lowest BCUT2D eigenvalue weighted by Crippen LogP contribution is -2.32. The number of aryl methyl sites for hydroxylation is 1. The Balaban J connectivity index is 1.95. The third-order valence-corrected chi connectivity index (χ3v) is 5.33. The van der Waals surface area contributed by atoms with Gasteiger partial charge in [0.15, 0.2) is 0 Å². The zero-order chi connectivity index (χ0) is 23.1. The summed E-state index contributed by atoms with van der Waals surface area (Å²) in [5, 5.41) is 5.76. The van der Waals surface area contributed by atoms with E-state index >= 15 is 0 Å². The number of carbonyl (C=O) groups excluding carboxylic acids is 2. The summed E-state index contributed by atoms with van der Waals surface area (Å²) in [5.74, 6) is -2.17. The van der Waals surface area contributed by atoms with E-state index in [1.807, 2.05) is 74.5 Å². The molecule has 0 fully saturated rings. The third-order valence-electron chi connectivity index (χ3n) is 5.33. The molecule has 0 spiro atoms. The van der Waals surface area contributed by atoms with Crippen LogP contribution >= 0.6 is 0 Å². The standard InChI is InChI=1S/C26H26N2O4/c1-4-21-24(26(30)32-15-9-13-19-11-6-5-7-12-19)23(20-14-8-10-17(2)16-20)22(18(3)27-21)25(29)28-31/h5-14,16,23,27H,4,15H2,1-3H3/b13-9+. The number of nitrogens with zero attached hydrogens (tertiary/aromatic N) is 1. The molecule has 164 valence electrons. The summed E-state index contributed by atoms with van der Waals surface area (Å²) in [7, 11) is 0. The van der Waals surface area contributed by atoms with E-state index in [4.69, 9.17) is 4.74 Å². The molecule has 1 atom stereocenters. The average Bonchev–Trinajstić information content (AvgIpc) is 2.81. The summed E-state index contributed by atoms with van der Waals surface area (Å²) < 4.78 is 5.55. The number of benzene rings is 2. The molecule has 0 radical (unpaired) electrons. The molecule has 1 aliphatic rings. The van der Waals surface area contributed by atoms with Crippen LogP contribution in [0.3, 0.4) is 0 Å². The molecule has 1 N–H and O–H groups in total. The van der Waals surface area contributed by atoms with Crippen LogP contribution in [0.2, 0.25) is 0 Å². The van der Waals surface area contributed by atoms with E-state index < -0.39 is 17.8 Å². The number of ether oxygens (including phenoxy) is 1. The second kappa shape index (κ2) is 10.5. The van der Waals surface area contributed by atoms with Crippen molar-refractivity contribution >= 4 is 18.0 Å². The molecule has 2 aromatic rings. The van der Waals surface area contributed by atoms with Crippen molar-refractivity contribution in [3.63, 3.8) is 0 Å². The van der Waals surface area contributed by atoms with Gasteiger partial charge in [-0.1, -0.05) is 73.2 Å². The molecular weight excluding hydrogens is 404 g/mol. The van der Waals surface area contributed by atoms with E-state index in [1.54, 1.807) is 13.0 Å². The van der Waals surface area contributed by atoms with Crippen LogP contribution in [0, 0.1) is 11.8 Å². The number of allylic oxidation sites excluding steroid dienone is 2. The second-order valence-corrected chi connectivity index (χ2v) is 7.56. The van der Waals surface area contributed by atoms with E-state index in [0.29, 0.717) is 23.4 Å². The maximum absolute atomic E-state index is 13.2. The highest BCUT2D eigenvalue weighted by atomic mass is 16.5. The van der Waals surface area contributed by atoms with Gasteiger partial charge >= 0.3 is 11.9 Å². The molecule has 1 heterocycles. The van der Waals surface area contributed by atoms with Crippen molar-refractivity contribution in [2.24, 2.45) is 5.18 Å². The molecule has 2 aromatic carbocycles. The van der Waals surface area contributed by atoms with Crippen LogP contribution in [0.25, 0.3) is 6.08 Å². The average molecular weight is 431 g/mol. The monoisotopic (exact) mass is 430 g/mol. The number of nitroso groups, excluding NO2 is 1. The van der Waals surface area contributed by atoms with Gasteiger partial charge in [0.25, 0.3) is 0 Å². The van der Waals surface area contributed by atoms with E-state index in [2.05, 4.69) is 10.5 Å². The van der Waals surface area contributed by atoms with E-state index in [9.17, 15) is 14.5 Å². The summed E-state index contributed by atoms with van der Waals surface area (Å²) >= 11 is 0. The molecule has 0 saturated heterocycles. The van der Waals surface area contributed by atoms with Gasteiger partial charge in [0.05, 0.1) is 17.1 Å². The van der Waals surface area contributed by atoms with Crippen molar-refractivity contribution in [3.05, 3.63) is 105 Å². The van der Waals surface area contributed by atoms with Crippen LogP contribution in [-0.2, 0) is 14.3 Å². The molecule has 32 heavy (non-hydrogen) atoms. The minimum atomic E-state index is -0.897. The van der Waals surface area contributed by atoms with Gasteiger partial charge < -0.3 is 10.1 Å². The zero-order valence-corrected chi connectivity index (χ0v) is 18.4. The topological polar surface area (TPSA) is 84.8 Å². The summed E-state index contributed by atoms with van der Waals surface area (Å²) in [5.41, 5.74) is 4.36. The first-order valence-electron chi connectivity index (χ1n) is 10.5. The summed E-state index contributed by atoms with van der Waals surface area (Å²) in [6.07, 6.45) is 4.16. The number of dihydropyridines is 1. The summed E-state index contributed by atoms with van der Waals surface area (Å²) in [6.45, 7) is 5.63. The smallest absolute Gasteiger partial charge is 0.337 e. The van der Waals surface area contributed by atoms with Gasteiger partial charge in [0.2, 0.25) is 0 Å². The van der Waals surface area contributed by atoms with Crippen molar-refractivity contribution in [2.75, 3.05) is 6.61 Å². The maximum Gasteiger partial charge on any atom is 0.337 e. The maximum atomic E-state index is 13.2. The number of esters is 1. The SMILES string of the molecule is CCC1=C(C(=O)OC/C=C/c2ccccc2)C(c2cccc(C)c2)C(C(=O)N=O)=C(C)N1. The Morgan fingerprint density at radius 3 is 2.47 bits per heavy atom. The molecule has 1 amide bonds. The van der Waals surface area contributed by atoms with Crippen molar-refractivity contribution in [1.29, 1.82) is 0 Å². The Morgan fingerprint density at radius 2 is 1.81 bits per heavy atom. The Bertz CT molecular complexity index is 1110. The van der Waals surface area contributed by atoms with Crippen LogP contribution in [0.1, 0.15) is 42.9 Å². The lowest BCUT2D eigenvalue weighted by Gasteiger charge is -2.30. The number of rotatable bonds is 7. The minimum Gasteiger partial charge on any atom is -0.458 e. The normalized spacial score (nSPS) is 16.2. The largest absolute Gasteiger partial charge is 0.458 e. The zero-order valence-electron chi connectivity index (χ0n) is 18.4. The van der Waals surface area contributed by atoms with Crippen LogP contribution in [0.5, 0.6) is 0 Å². The first kappa shape index (κ1) is 22.9. The second-order valence-electron chi connectivity index (χ2n) is 7.56. The van der Waals surface area contributed by atoms with Crippen LogP contribution in [-0.4, -0.2) is 18.5 Å². The highest BCUT2D eigenvalue weighted by molar-refractivity contribution is 6.02. The highest BCUT2D eigenvalue weighted by Gasteiger charge is 2.38. The molecule has 6 heteroatoms. The molecule has 1 aliphatic heterocycles. The van der Waals surface area contributed by atoms with Gasteiger partial charge in [0.1, 0.15) is 6.61 Å². The Hall–Kier alpha value is -3.80. The molecular formula is C26H26N2O4. The van der Waals surface area contributed by atoms with Crippen LogP contribution in [0.4, 0.5) is 0 Å². The van der Waals surface area contributed by atoms with Crippen LogP contribution in [0.15, 0.2) is 88.4 Å². The molecule has 0 aromatic heterocycles. The molecule has 3 rings (SSSR count). The fourth-order valence-electron chi connectivity index (χ4n) is 3.88. The minimum absolute atomic E-state index is 0.0761. The fraction of sp³-hybridized carbons (Fsp3) is 0.231. The lowest BCUT2D eigenvalue weighted by atomic mass is 9.79. The first-order valence-corrected chi connectivity index (χ1v) is 10.5. The number of amides is 1. The lowest BCUT2D eigenvalue weighted by molar-refractivity contribution is -0.138. The number of nitrogens with one attached hydrogen (secondary N) is 1. The van der Waals surface area contributed by atoms with Gasteiger partial charge in [-0.3, -0.25) is 4.79 Å². The van der Waals surface area contributed by atoms with E-state index in [1.165, 1.54) is 0 Å². The molecule has 0 aliphatic carbocycles. The quantitative estimate of drug-likeness (QED) is 0.484. The van der Waals surface area contributed by atoms with E-state index in [0.717, 1.165) is 16.7 Å². The molecule has 1 unspecified atom stereocenters. The number of hydrogen-bond donors (Lipinski definition) is 1. The fourth-order valence-corrected chi connectivity index (χ4v) is 3.88. The van der Waals surface area contributed by atoms with Gasteiger partial charge in [-0.15, -0.1) is 4.91 Å². The summed E-state index contributed by atoms with van der Waals surface area (Å²) in [4.78, 5) is 36.8. The molecule has 0 saturated carbocycles. The van der Waals surface area contributed by atoms with Crippen molar-refractivity contribution in [2.45, 2.75) is 33.1 Å². The van der Waals surface area contributed by atoms with Crippen molar-refractivity contribution in [1.82, 2.24) is 5.32 Å². The molecule has 6 nitrogen and oxygen atoms in total. The van der Waals surface area contributed by atoms with E-state index in [-0.39, 0.29) is 12.2 Å². The summed E-state index contributed by atoms with van der Waals surface area (Å²) in [6, 6.07) is 17.2. The predicted molar refractivity (Wildman–Crippen MR) is 124 cm³/mol. The first-order chi connectivity index (χ1) is 15.5. The van der Waals surface area contributed by atoms with Crippen molar-refractivity contribution in [3.8, 4) is 0 Å². The van der Waals surface area contributed by atoms with Crippen molar-refractivity contribution < 1.29 is 14.3 Å². The Labute approximate surface area is 187 Å². The number of hydrogen-bond acceptors (Lipinski definition) is 5. The predicted octanol–water partition coefficient (Wildman–Crippen LogP) is 5.17. The molecule has 0 bridgehead atoms. The van der Waals surface area contributed by atoms with Gasteiger partial charge in [0, 0.05) is 16.6 Å². The van der Waals surface area contributed by atoms with Gasteiger partial charge in [-0.05, 0) is 37.5 Å². The Morgan fingerprint density at radius 1 is 1.06 bits per heavy atom. The Kier molecular flexibility index (Phi) is 7.49. The van der Waals surface area contributed by atoms with Gasteiger partial charge in [-0.2, -0.15) is 0 Å². The highest BCUT2D eigenvalue weighted by Crippen LogP contribution is 2.40. The third kappa shape index (κ3) is 5.09. The number of carbonyl (C=O) groups is 2. The van der Waals surface area contributed by atoms with Crippen LogP contribution < -0.4 is 5.32 Å².